The van der Waals surface area contributed by atoms with Crippen molar-refractivity contribution in [1.29, 1.82) is 5.26 Å². The fourth-order valence-corrected chi connectivity index (χ4v) is 6.41. The molecule has 0 spiro atoms. The second kappa shape index (κ2) is 12.0. The molecule has 0 radical (unpaired) electrons. The Bertz CT molecular complexity index is 2390. The number of ether oxygens (including phenoxy) is 1. The minimum absolute atomic E-state index is 0.282. The van der Waals surface area contributed by atoms with Crippen LogP contribution in [0.2, 0.25) is 0 Å². The van der Waals surface area contributed by atoms with Gasteiger partial charge in [0.05, 0.1) is 11.6 Å². The lowest BCUT2D eigenvalue weighted by Crippen LogP contribution is -2.29. The van der Waals surface area contributed by atoms with Crippen LogP contribution in [-0.4, -0.2) is 15.0 Å². The summed E-state index contributed by atoms with van der Waals surface area (Å²) < 4.78 is 20.0. The lowest BCUT2D eigenvalue weighted by molar-refractivity contribution is 0.106. The second-order valence-corrected chi connectivity index (χ2v) is 12.5. The minimum Gasteiger partial charge on any atom is -0.482 e. The van der Waals surface area contributed by atoms with Gasteiger partial charge in [-0.05, 0) is 84.6 Å². The molecule has 49 heavy (non-hydrogen) atoms. The van der Waals surface area contributed by atoms with Crippen LogP contribution in [0.1, 0.15) is 25.0 Å². The molecule has 0 unspecified atom stereocenters. The van der Waals surface area contributed by atoms with Crippen molar-refractivity contribution in [3.63, 3.8) is 0 Å². The topological polar surface area (TPSA) is 71.7 Å². The van der Waals surface area contributed by atoms with Crippen LogP contribution >= 0.6 is 0 Å². The van der Waals surface area contributed by atoms with Gasteiger partial charge < -0.3 is 4.74 Å². The van der Waals surface area contributed by atoms with E-state index in [0.717, 1.165) is 55.8 Å². The van der Waals surface area contributed by atoms with Crippen LogP contribution in [-0.2, 0) is 5.60 Å². The molecule has 6 aromatic carbocycles. The summed E-state index contributed by atoms with van der Waals surface area (Å²) in [6, 6.07) is 46.6. The predicted octanol–water partition coefficient (Wildman–Crippen LogP) is 10.5. The first kappa shape index (κ1) is 29.9. The van der Waals surface area contributed by atoms with Crippen LogP contribution in [0.5, 0.6) is 5.75 Å². The number of aromatic nitrogens is 3. The van der Waals surface area contributed by atoms with Gasteiger partial charge in [0.25, 0.3) is 0 Å². The molecular weight excluding hydrogens is 607 g/mol. The molecule has 5 nitrogen and oxygen atoms in total. The number of nitrogens with zero attached hydrogens (tertiary/aromatic N) is 4. The molecule has 1 aromatic heterocycles. The SMILES string of the molecule is CC1(C)Oc2ccccc2-c2c(-c3ccc(-c4nc(-c5ccc(C#N)cc5)nc(-c5cccc(-c6ccc(F)cc6)c5)n4)cc3)cccc21. The number of benzene rings is 6. The van der Waals surface area contributed by atoms with Crippen molar-refractivity contribution in [2.75, 3.05) is 0 Å². The quantitative estimate of drug-likeness (QED) is 0.188. The van der Waals surface area contributed by atoms with Crippen molar-refractivity contribution in [3.05, 3.63) is 156 Å². The van der Waals surface area contributed by atoms with E-state index < -0.39 is 5.60 Å². The van der Waals surface area contributed by atoms with Gasteiger partial charge in [0, 0.05) is 33.4 Å². The Labute approximate surface area is 284 Å². The summed E-state index contributed by atoms with van der Waals surface area (Å²) in [6.45, 7) is 4.21. The molecule has 0 aliphatic carbocycles. The Hall–Kier alpha value is -6.45. The Kier molecular flexibility index (Phi) is 7.31. The van der Waals surface area contributed by atoms with Crippen molar-refractivity contribution in [1.82, 2.24) is 15.0 Å². The number of halogens is 1. The standard InChI is InChI=1S/C43H29FN4O/c1-43(2)37-11-6-10-35(39(37)36-9-3-4-12-38(36)49-43)29-17-19-31(20-18-29)41-46-40(30-15-13-27(26-45)14-16-30)47-42(48-41)33-8-5-7-32(25-33)28-21-23-34(44)24-22-28/h3-25H,1-2H3. The van der Waals surface area contributed by atoms with Crippen molar-refractivity contribution in [2.24, 2.45) is 0 Å². The number of nitriles is 1. The summed E-state index contributed by atoms with van der Waals surface area (Å²) in [7, 11) is 0. The fourth-order valence-electron chi connectivity index (χ4n) is 6.41. The lowest BCUT2D eigenvalue weighted by atomic mass is 9.82. The van der Waals surface area contributed by atoms with Gasteiger partial charge in [0.15, 0.2) is 17.5 Å². The minimum atomic E-state index is -0.475. The number of rotatable bonds is 5. The number of hydrogen-bond donors (Lipinski definition) is 0. The molecule has 1 aliphatic rings. The molecule has 8 rings (SSSR count). The van der Waals surface area contributed by atoms with E-state index in [2.05, 4.69) is 56.3 Å². The molecule has 7 aromatic rings. The molecular formula is C43H29FN4O. The summed E-state index contributed by atoms with van der Waals surface area (Å²) in [5.74, 6) is 2.12. The molecule has 0 atom stereocenters. The summed E-state index contributed by atoms with van der Waals surface area (Å²) in [4.78, 5) is 14.7. The third-order valence-electron chi connectivity index (χ3n) is 8.89. The first-order valence-corrected chi connectivity index (χ1v) is 16.0. The van der Waals surface area contributed by atoms with E-state index in [0.29, 0.717) is 23.0 Å². The number of fused-ring (bicyclic) bond motifs is 3. The zero-order valence-corrected chi connectivity index (χ0v) is 26.9. The van der Waals surface area contributed by atoms with Gasteiger partial charge in [0.2, 0.25) is 0 Å². The molecule has 1 aliphatic heterocycles. The first-order chi connectivity index (χ1) is 23.9. The summed E-state index contributed by atoms with van der Waals surface area (Å²) in [5.41, 5.74) is 9.90. The third-order valence-corrected chi connectivity index (χ3v) is 8.89. The Morgan fingerprint density at radius 1 is 0.551 bits per heavy atom. The van der Waals surface area contributed by atoms with Crippen LogP contribution in [0.4, 0.5) is 4.39 Å². The number of hydrogen-bond acceptors (Lipinski definition) is 5. The monoisotopic (exact) mass is 636 g/mol. The molecule has 0 bridgehead atoms. The van der Waals surface area contributed by atoms with Crippen molar-refractivity contribution < 1.29 is 9.13 Å². The van der Waals surface area contributed by atoms with Crippen LogP contribution in [0.25, 0.3) is 67.5 Å². The maximum Gasteiger partial charge on any atom is 0.164 e. The van der Waals surface area contributed by atoms with Gasteiger partial charge >= 0.3 is 0 Å². The van der Waals surface area contributed by atoms with Crippen molar-refractivity contribution in [2.45, 2.75) is 19.4 Å². The summed E-state index contributed by atoms with van der Waals surface area (Å²) >= 11 is 0. The smallest absolute Gasteiger partial charge is 0.164 e. The highest BCUT2D eigenvalue weighted by Crippen LogP contribution is 2.49. The first-order valence-electron chi connectivity index (χ1n) is 16.0. The summed E-state index contributed by atoms with van der Waals surface area (Å²) in [5, 5.41) is 9.35. The molecule has 0 amide bonds. The third kappa shape index (κ3) is 5.62. The summed E-state index contributed by atoms with van der Waals surface area (Å²) in [6.07, 6.45) is 0. The van der Waals surface area contributed by atoms with E-state index in [-0.39, 0.29) is 5.82 Å². The average Bonchev–Trinajstić information content (AvgIpc) is 3.15. The highest BCUT2D eigenvalue weighted by molar-refractivity contribution is 5.90. The Morgan fingerprint density at radius 3 is 1.80 bits per heavy atom. The van der Waals surface area contributed by atoms with Crippen LogP contribution in [0.3, 0.4) is 0 Å². The molecule has 234 valence electrons. The maximum absolute atomic E-state index is 13.6. The second-order valence-electron chi connectivity index (χ2n) is 12.5. The zero-order valence-electron chi connectivity index (χ0n) is 26.9. The highest BCUT2D eigenvalue weighted by Gasteiger charge is 2.33. The van der Waals surface area contributed by atoms with Gasteiger partial charge in [-0.25, -0.2) is 19.3 Å². The maximum atomic E-state index is 13.6. The van der Waals surface area contributed by atoms with Crippen LogP contribution in [0, 0.1) is 17.1 Å². The Morgan fingerprint density at radius 2 is 1.10 bits per heavy atom. The van der Waals surface area contributed by atoms with Gasteiger partial charge in [-0.3, -0.25) is 0 Å². The van der Waals surface area contributed by atoms with Gasteiger partial charge in [-0.15, -0.1) is 0 Å². The zero-order chi connectivity index (χ0) is 33.5. The molecule has 0 saturated heterocycles. The predicted molar refractivity (Wildman–Crippen MR) is 191 cm³/mol. The van der Waals surface area contributed by atoms with Crippen molar-refractivity contribution in [3.8, 4) is 79.4 Å². The van der Waals surface area contributed by atoms with Gasteiger partial charge in [-0.2, -0.15) is 5.26 Å². The van der Waals surface area contributed by atoms with E-state index in [9.17, 15) is 9.65 Å². The normalized spacial score (nSPS) is 12.7. The van der Waals surface area contributed by atoms with E-state index in [4.69, 9.17) is 19.7 Å². The molecule has 0 saturated carbocycles. The van der Waals surface area contributed by atoms with E-state index in [1.54, 1.807) is 24.3 Å². The average molecular weight is 637 g/mol. The van der Waals surface area contributed by atoms with Crippen LogP contribution in [0.15, 0.2) is 140 Å². The molecule has 2 heterocycles. The molecule has 0 fully saturated rings. The lowest BCUT2D eigenvalue weighted by Gasteiger charge is -2.36. The van der Waals surface area contributed by atoms with E-state index in [1.807, 2.05) is 66.7 Å². The van der Waals surface area contributed by atoms with Gasteiger partial charge in [0.1, 0.15) is 17.2 Å². The van der Waals surface area contributed by atoms with E-state index >= 15 is 0 Å². The highest BCUT2D eigenvalue weighted by atomic mass is 19.1. The largest absolute Gasteiger partial charge is 0.482 e. The fraction of sp³-hybridized carbons (Fsp3) is 0.0698. The van der Waals surface area contributed by atoms with Gasteiger partial charge in [-0.1, -0.05) is 91.0 Å². The van der Waals surface area contributed by atoms with E-state index in [1.165, 1.54) is 17.7 Å². The molecule has 0 N–H and O–H groups in total. The van der Waals surface area contributed by atoms with Crippen LogP contribution < -0.4 is 4.74 Å². The number of para-hydroxylation sites is 1. The molecule has 6 heteroatoms. The van der Waals surface area contributed by atoms with Crippen molar-refractivity contribution >= 4 is 0 Å². The Balaban J connectivity index is 1.23.